The molecule has 1 aliphatic heterocycles. The number of anilines is 2. The number of hydrogen-bond donors (Lipinski definition) is 0. The van der Waals surface area contributed by atoms with Gasteiger partial charge < -0.3 is 4.74 Å². The Morgan fingerprint density at radius 3 is 2.50 bits per heavy atom. The predicted molar refractivity (Wildman–Crippen MR) is 79.5 cm³/mol. The number of rotatable bonds is 2. The van der Waals surface area contributed by atoms with Gasteiger partial charge in [-0.25, -0.2) is 0 Å². The number of carbonyl (C=O) groups excluding carboxylic acids is 1. The molecule has 0 fully saturated rings. The van der Waals surface area contributed by atoms with Gasteiger partial charge in [0.15, 0.2) is 6.10 Å². The molecule has 1 aliphatic rings. The van der Waals surface area contributed by atoms with E-state index in [1.54, 1.807) is 11.8 Å². The van der Waals surface area contributed by atoms with Crippen molar-refractivity contribution in [1.29, 1.82) is 0 Å². The van der Waals surface area contributed by atoms with E-state index in [1.807, 2.05) is 36.4 Å². The number of carbonyl (C=O) groups is 1. The smallest absolute Gasteiger partial charge is 0.272 e. The van der Waals surface area contributed by atoms with Crippen molar-refractivity contribution in [1.82, 2.24) is 0 Å². The van der Waals surface area contributed by atoms with Crippen molar-refractivity contribution in [2.24, 2.45) is 0 Å². The Hall–Kier alpha value is -2.29. The molecule has 0 aliphatic carbocycles. The van der Waals surface area contributed by atoms with E-state index in [0.717, 1.165) is 23.5 Å². The Morgan fingerprint density at radius 2 is 1.80 bits per heavy atom. The summed E-state index contributed by atoms with van der Waals surface area (Å²) in [6, 6.07) is 15.7. The highest BCUT2D eigenvalue weighted by Gasteiger charge is 2.32. The SMILES string of the molecule is CCc1ccc(N2C(=O)C(C)Oc3ccccc32)cc1. The fraction of sp³-hybridized carbons (Fsp3) is 0.235. The summed E-state index contributed by atoms with van der Waals surface area (Å²) in [6.45, 7) is 3.90. The molecule has 2 aromatic rings. The summed E-state index contributed by atoms with van der Waals surface area (Å²) in [5.74, 6) is 0.715. The molecule has 1 atom stereocenters. The molecule has 3 nitrogen and oxygen atoms in total. The second kappa shape index (κ2) is 5.00. The van der Waals surface area contributed by atoms with Crippen molar-refractivity contribution < 1.29 is 9.53 Å². The topological polar surface area (TPSA) is 29.5 Å². The van der Waals surface area contributed by atoms with Crippen LogP contribution in [-0.2, 0) is 11.2 Å². The Labute approximate surface area is 118 Å². The lowest BCUT2D eigenvalue weighted by Crippen LogP contribution is -2.41. The first-order chi connectivity index (χ1) is 9.70. The first-order valence-electron chi connectivity index (χ1n) is 6.89. The maximum Gasteiger partial charge on any atom is 0.272 e. The van der Waals surface area contributed by atoms with Gasteiger partial charge in [0.1, 0.15) is 5.75 Å². The second-order valence-electron chi connectivity index (χ2n) is 4.92. The zero-order valence-electron chi connectivity index (χ0n) is 11.7. The molecule has 0 spiro atoms. The lowest BCUT2D eigenvalue weighted by molar-refractivity contribution is -0.124. The van der Waals surface area contributed by atoms with Crippen molar-refractivity contribution in [2.75, 3.05) is 4.90 Å². The lowest BCUT2D eigenvalue weighted by Gasteiger charge is -2.33. The van der Waals surface area contributed by atoms with Gasteiger partial charge >= 0.3 is 0 Å². The molecule has 20 heavy (non-hydrogen) atoms. The van der Waals surface area contributed by atoms with Crippen LogP contribution in [0.4, 0.5) is 11.4 Å². The van der Waals surface area contributed by atoms with Crippen LogP contribution in [0.25, 0.3) is 0 Å². The Kier molecular flexibility index (Phi) is 3.18. The highest BCUT2D eigenvalue weighted by atomic mass is 16.5. The summed E-state index contributed by atoms with van der Waals surface area (Å²) in [6.07, 6.45) is 0.528. The van der Waals surface area contributed by atoms with Crippen molar-refractivity contribution in [3.63, 3.8) is 0 Å². The van der Waals surface area contributed by atoms with Crippen LogP contribution in [-0.4, -0.2) is 12.0 Å². The van der Waals surface area contributed by atoms with Gasteiger partial charge in [-0.3, -0.25) is 9.69 Å². The van der Waals surface area contributed by atoms with Crippen LogP contribution in [0.2, 0.25) is 0 Å². The molecule has 102 valence electrons. The Morgan fingerprint density at radius 1 is 1.10 bits per heavy atom. The molecule has 0 saturated carbocycles. The molecule has 0 aromatic heterocycles. The molecule has 0 N–H and O–H groups in total. The van der Waals surface area contributed by atoms with Gasteiger partial charge in [0.2, 0.25) is 0 Å². The molecule has 1 amide bonds. The van der Waals surface area contributed by atoms with Crippen LogP contribution in [0.5, 0.6) is 5.75 Å². The minimum Gasteiger partial charge on any atom is -0.479 e. The zero-order chi connectivity index (χ0) is 14.1. The van der Waals surface area contributed by atoms with Gasteiger partial charge in [0.25, 0.3) is 5.91 Å². The van der Waals surface area contributed by atoms with E-state index in [4.69, 9.17) is 4.74 Å². The number of nitrogens with zero attached hydrogens (tertiary/aromatic N) is 1. The summed E-state index contributed by atoms with van der Waals surface area (Å²) in [5.41, 5.74) is 2.95. The molecule has 0 radical (unpaired) electrons. The molecule has 3 heteroatoms. The average Bonchev–Trinajstić information content (AvgIpc) is 2.49. The molecule has 1 heterocycles. The number of benzene rings is 2. The van der Waals surface area contributed by atoms with Gasteiger partial charge in [-0.05, 0) is 43.2 Å². The number of para-hydroxylation sites is 2. The molecule has 1 unspecified atom stereocenters. The highest BCUT2D eigenvalue weighted by molar-refractivity contribution is 6.05. The number of fused-ring (bicyclic) bond motifs is 1. The number of aryl methyl sites for hydroxylation is 1. The van der Waals surface area contributed by atoms with Gasteiger partial charge in [-0.2, -0.15) is 0 Å². The van der Waals surface area contributed by atoms with Crippen LogP contribution < -0.4 is 9.64 Å². The third kappa shape index (κ3) is 2.05. The van der Waals surface area contributed by atoms with Crippen molar-refractivity contribution in [2.45, 2.75) is 26.4 Å². The number of ether oxygens (including phenoxy) is 1. The fourth-order valence-corrected chi connectivity index (χ4v) is 2.43. The number of hydrogen-bond acceptors (Lipinski definition) is 2. The first-order valence-corrected chi connectivity index (χ1v) is 6.89. The van der Waals surface area contributed by atoms with Crippen LogP contribution in [0.15, 0.2) is 48.5 Å². The normalized spacial score (nSPS) is 17.6. The Balaban J connectivity index is 2.08. The largest absolute Gasteiger partial charge is 0.479 e. The monoisotopic (exact) mass is 267 g/mol. The van der Waals surface area contributed by atoms with E-state index in [2.05, 4.69) is 19.1 Å². The summed E-state index contributed by atoms with van der Waals surface area (Å²) in [5, 5.41) is 0. The zero-order valence-corrected chi connectivity index (χ0v) is 11.7. The average molecular weight is 267 g/mol. The van der Waals surface area contributed by atoms with Crippen LogP contribution in [0.3, 0.4) is 0 Å². The number of amides is 1. The highest BCUT2D eigenvalue weighted by Crippen LogP contribution is 2.38. The van der Waals surface area contributed by atoms with E-state index in [9.17, 15) is 4.79 Å². The minimum absolute atomic E-state index is 0.0343. The van der Waals surface area contributed by atoms with Gasteiger partial charge in [0, 0.05) is 5.69 Å². The molecular formula is C17H17NO2. The predicted octanol–water partition coefficient (Wildman–Crippen LogP) is 3.69. The standard InChI is InChI=1S/C17H17NO2/c1-3-13-8-10-14(11-9-13)18-15-6-4-5-7-16(15)20-12(2)17(18)19/h4-12H,3H2,1-2H3. The van der Waals surface area contributed by atoms with E-state index in [1.165, 1.54) is 5.56 Å². The van der Waals surface area contributed by atoms with Crippen molar-refractivity contribution in [3.8, 4) is 5.75 Å². The maximum absolute atomic E-state index is 12.4. The van der Waals surface area contributed by atoms with E-state index < -0.39 is 6.10 Å². The van der Waals surface area contributed by atoms with Crippen molar-refractivity contribution >= 4 is 17.3 Å². The third-order valence-corrected chi connectivity index (χ3v) is 3.58. The van der Waals surface area contributed by atoms with Crippen LogP contribution in [0.1, 0.15) is 19.4 Å². The summed E-state index contributed by atoms with van der Waals surface area (Å²) in [4.78, 5) is 14.2. The van der Waals surface area contributed by atoms with Crippen LogP contribution >= 0.6 is 0 Å². The summed E-state index contributed by atoms with van der Waals surface area (Å²) < 4.78 is 5.65. The molecule has 0 bridgehead atoms. The Bertz CT molecular complexity index is 634. The second-order valence-corrected chi connectivity index (χ2v) is 4.92. The molecule has 2 aromatic carbocycles. The first kappa shape index (κ1) is 12.7. The van der Waals surface area contributed by atoms with E-state index in [-0.39, 0.29) is 5.91 Å². The van der Waals surface area contributed by atoms with E-state index in [0.29, 0.717) is 0 Å². The van der Waals surface area contributed by atoms with Gasteiger partial charge in [-0.1, -0.05) is 31.2 Å². The minimum atomic E-state index is -0.462. The third-order valence-electron chi connectivity index (χ3n) is 3.58. The van der Waals surface area contributed by atoms with Gasteiger partial charge in [0.05, 0.1) is 5.69 Å². The quantitative estimate of drug-likeness (QED) is 0.830. The molecule has 3 rings (SSSR count). The summed E-state index contributed by atoms with van der Waals surface area (Å²) in [7, 11) is 0. The molecule has 0 saturated heterocycles. The maximum atomic E-state index is 12.4. The van der Waals surface area contributed by atoms with Crippen molar-refractivity contribution in [3.05, 3.63) is 54.1 Å². The summed E-state index contributed by atoms with van der Waals surface area (Å²) >= 11 is 0. The van der Waals surface area contributed by atoms with E-state index >= 15 is 0 Å². The lowest BCUT2D eigenvalue weighted by atomic mass is 10.1. The van der Waals surface area contributed by atoms with Crippen LogP contribution in [0, 0.1) is 0 Å². The van der Waals surface area contributed by atoms with Gasteiger partial charge in [-0.15, -0.1) is 0 Å². The molecular weight excluding hydrogens is 250 g/mol. The fourth-order valence-electron chi connectivity index (χ4n) is 2.43.